The predicted molar refractivity (Wildman–Crippen MR) is 27.6 cm³/mol. The molecule has 7 heavy (non-hydrogen) atoms. The van der Waals surface area contributed by atoms with Crippen molar-refractivity contribution in [2.45, 2.75) is 12.8 Å². The maximum absolute atomic E-state index is 8.56. The molecule has 1 heterocycles. The van der Waals surface area contributed by atoms with Crippen LogP contribution in [0.15, 0.2) is 0 Å². The van der Waals surface area contributed by atoms with Gasteiger partial charge in [-0.2, -0.15) is 5.06 Å². The molecule has 0 saturated carbocycles. The van der Waals surface area contributed by atoms with E-state index in [0.29, 0.717) is 0 Å². The minimum Gasteiger partial charge on any atom is -0.344 e. The van der Waals surface area contributed by atoms with Crippen molar-refractivity contribution in [3.8, 4) is 0 Å². The Morgan fingerprint density at radius 1 is 1.14 bits per heavy atom. The van der Waals surface area contributed by atoms with Crippen molar-refractivity contribution in [1.29, 1.82) is 0 Å². The Morgan fingerprint density at radius 2 is 1.57 bits per heavy atom. The van der Waals surface area contributed by atoms with E-state index in [0.717, 1.165) is 25.9 Å². The molecule has 0 aliphatic carbocycles. The molecule has 4 N–H and O–H groups in total. The third-order valence-corrected chi connectivity index (χ3v) is 1.08. The molecule has 1 fully saturated rings. The highest BCUT2D eigenvalue weighted by atomic mass is 16.5. The first-order chi connectivity index (χ1) is 2.89. The van der Waals surface area contributed by atoms with Crippen molar-refractivity contribution in [3.05, 3.63) is 0 Å². The summed E-state index contributed by atoms with van der Waals surface area (Å²) in [5.41, 5.74) is 0. The highest BCUT2D eigenvalue weighted by Gasteiger charge is 2.05. The molecule has 0 atom stereocenters. The van der Waals surface area contributed by atoms with Gasteiger partial charge in [0.05, 0.1) is 0 Å². The molecule has 0 amide bonds. The second-order valence-corrected chi connectivity index (χ2v) is 1.66. The van der Waals surface area contributed by atoms with Crippen molar-refractivity contribution >= 4 is 0 Å². The highest BCUT2D eigenvalue weighted by Crippen LogP contribution is 2.01. The Labute approximate surface area is 43.5 Å². The zero-order chi connectivity index (χ0) is 4.41. The van der Waals surface area contributed by atoms with Crippen LogP contribution < -0.4 is 6.15 Å². The fourth-order valence-corrected chi connectivity index (χ4v) is 0.700. The van der Waals surface area contributed by atoms with Crippen LogP contribution in [0.4, 0.5) is 0 Å². The summed E-state index contributed by atoms with van der Waals surface area (Å²) in [7, 11) is 0. The first kappa shape index (κ1) is 6.88. The first-order valence-electron chi connectivity index (χ1n) is 2.33. The molecule has 0 unspecified atom stereocenters. The lowest BCUT2D eigenvalue weighted by Gasteiger charge is -1.99. The average molecular weight is 104 g/mol. The Balaban J connectivity index is 0.000000360. The van der Waals surface area contributed by atoms with E-state index >= 15 is 0 Å². The van der Waals surface area contributed by atoms with Crippen LogP contribution in [-0.2, 0) is 0 Å². The predicted octanol–water partition coefficient (Wildman–Crippen LogP) is 0.633. The van der Waals surface area contributed by atoms with Crippen LogP contribution in [0.2, 0.25) is 0 Å². The SMILES string of the molecule is N.ON1CCCC1. The lowest BCUT2D eigenvalue weighted by molar-refractivity contribution is -0.0678. The quantitative estimate of drug-likeness (QED) is 0.474. The summed E-state index contributed by atoms with van der Waals surface area (Å²) < 4.78 is 0. The molecule has 1 rings (SSSR count). The molecule has 0 aromatic rings. The summed E-state index contributed by atoms with van der Waals surface area (Å²) in [5.74, 6) is 0. The van der Waals surface area contributed by atoms with Gasteiger partial charge in [-0.05, 0) is 12.8 Å². The summed E-state index contributed by atoms with van der Waals surface area (Å²) in [6, 6.07) is 0. The smallest absolute Gasteiger partial charge is 0.0238 e. The van der Waals surface area contributed by atoms with Crippen LogP contribution in [0.3, 0.4) is 0 Å². The number of hydrogen-bond acceptors (Lipinski definition) is 3. The van der Waals surface area contributed by atoms with Gasteiger partial charge >= 0.3 is 0 Å². The van der Waals surface area contributed by atoms with Gasteiger partial charge < -0.3 is 11.4 Å². The third-order valence-electron chi connectivity index (χ3n) is 1.08. The fraction of sp³-hybridized carbons (Fsp3) is 1.00. The van der Waals surface area contributed by atoms with Gasteiger partial charge in [0, 0.05) is 13.1 Å². The zero-order valence-corrected chi connectivity index (χ0v) is 4.43. The number of rotatable bonds is 0. The van der Waals surface area contributed by atoms with Crippen LogP contribution in [0.1, 0.15) is 12.8 Å². The summed E-state index contributed by atoms with van der Waals surface area (Å²) in [6.07, 6.45) is 2.33. The molecule has 0 bridgehead atoms. The first-order valence-corrected chi connectivity index (χ1v) is 2.33. The molecule has 3 heteroatoms. The molecule has 0 spiro atoms. The highest BCUT2D eigenvalue weighted by molar-refractivity contribution is 4.54. The van der Waals surface area contributed by atoms with Crippen LogP contribution in [0.25, 0.3) is 0 Å². The van der Waals surface area contributed by atoms with Gasteiger partial charge in [0.2, 0.25) is 0 Å². The van der Waals surface area contributed by atoms with E-state index in [2.05, 4.69) is 0 Å². The molecule has 1 aliphatic heterocycles. The minimum atomic E-state index is 0. The Bertz CT molecular complexity index is 43.0. The van der Waals surface area contributed by atoms with Crippen LogP contribution >= 0.6 is 0 Å². The van der Waals surface area contributed by atoms with Crippen LogP contribution in [0, 0.1) is 0 Å². The van der Waals surface area contributed by atoms with Gasteiger partial charge in [-0.15, -0.1) is 0 Å². The molecule has 0 aromatic heterocycles. The lowest BCUT2D eigenvalue weighted by Crippen LogP contribution is -2.11. The normalized spacial score (nSPS) is 21.9. The van der Waals surface area contributed by atoms with Crippen LogP contribution in [0.5, 0.6) is 0 Å². The average Bonchev–Trinajstić information content (AvgIpc) is 1.86. The van der Waals surface area contributed by atoms with Gasteiger partial charge in [-0.25, -0.2) is 0 Å². The second-order valence-electron chi connectivity index (χ2n) is 1.66. The molecular formula is C4H12N2O. The van der Waals surface area contributed by atoms with E-state index in [4.69, 9.17) is 5.21 Å². The van der Waals surface area contributed by atoms with Crippen molar-refractivity contribution < 1.29 is 5.21 Å². The largest absolute Gasteiger partial charge is 0.344 e. The van der Waals surface area contributed by atoms with Crippen molar-refractivity contribution in [1.82, 2.24) is 11.2 Å². The molecular weight excluding hydrogens is 92.1 g/mol. The number of nitrogens with zero attached hydrogens (tertiary/aromatic N) is 1. The maximum Gasteiger partial charge on any atom is 0.0238 e. The van der Waals surface area contributed by atoms with Gasteiger partial charge in [0.1, 0.15) is 0 Å². The van der Waals surface area contributed by atoms with Gasteiger partial charge in [-0.1, -0.05) is 0 Å². The molecule has 3 nitrogen and oxygen atoms in total. The van der Waals surface area contributed by atoms with Gasteiger partial charge in [-0.3, -0.25) is 0 Å². The Hall–Kier alpha value is -0.120. The zero-order valence-electron chi connectivity index (χ0n) is 4.43. The number of hydrogen-bond donors (Lipinski definition) is 2. The lowest BCUT2D eigenvalue weighted by atomic mass is 10.4. The summed E-state index contributed by atoms with van der Waals surface area (Å²) in [5, 5.41) is 9.92. The van der Waals surface area contributed by atoms with Crippen molar-refractivity contribution in [2.75, 3.05) is 13.1 Å². The monoisotopic (exact) mass is 104 g/mol. The standard InChI is InChI=1S/C4H9NO.H3N/c6-5-3-1-2-4-5;/h6H,1-4H2;1H3. The van der Waals surface area contributed by atoms with Crippen LogP contribution in [-0.4, -0.2) is 23.4 Å². The van der Waals surface area contributed by atoms with E-state index < -0.39 is 0 Å². The van der Waals surface area contributed by atoms with E-state index in [1.807, 2.05) is 0 Å². The van der Waals surface area contributed by atoms with Gasteiger partial charge in [0.25, 0.3) is 0 Å². The minimum absolute atomic E-state index is 0. The number of hydroxylamine groups is 2. The third kappa shape index (κ3) is 1.87. The van der Waals surface area contributed by atoms with E-state index in [1.165, 1.54) is 5.06 Å². The Morgan fingerprint density at radius 3 is 1.71 bits per heavy atom. The van der Waals surface area contributed by atoms with Gasteiger partial charge in [0.15, 0.2) is 0 Å². The van der Waals surface area contributed by atoms with Crippen molar-refractivity contribution in [2.24, 2.45) is 0 Å². The van der Waals surface area contributed by atoms with E-state index in [9.17, 15) is 0 Å². The van der Waals surface area contributed by atoms with Crippen molar-refractivity contribution in [3.63, 3.8) is 0 Å². The molecule has 0 radical (unpaired) electrons. The molecule has 1 aliphatic rings. The second kappa shape index (κ2) is 2.96. The summed E-state index contributed by atoms with van der Waals surface area (Å²) >= 11 is 0. The van der Waals surface area contributed by atoms with E-state index in [1.54, 1.807) is 0 Å². The molecule has 44 valence electrons. The van der Waals surface area contributed by atoms with E-state index in [-0.39, 0.29) is 6.15 Å². The molecule has 1 saturated heterocycles. The summed E-state index contributed by atoms with van der Waals surface area (Å²) in [6.45, 7) is 1.75. The summed E-state index contributed by atoms with van der Waals surface area (Å²) in [4.78, 5) is 0. The Kier molecular flexibility index (Phi) is 2.91. The topological polar surface area (TPSA) is 58.5 Å². The molecule has 0 aromatic carbocycles. The fourth-order valence-electron chi connectivity index (χ4n) is 0.700. The maximum atomic E-state index is 8.56.